The summed E-state index contributed by atoms with van der Waals surface area (Å²) in [5.74, 6) is -0.0132. The highest BCUT2D eigenvalue weighted by Gasteiger charge is 2.23. The largest absolute Gasteiger partial charge is 0.352 e. The summed E-state index contributed by atoms with van der Waals surface area (Å²) in [6.45, 7) is 0. The normalized spacial score (nSPS) is 23.1. The van der Waals surface area contributed by atoms with Crippen molar-refractivity contribution >= 4 is 29.1 Å². The maximum absolute atomic E-state index is 12.0. The van der Waals surface area contributed by atoms with E-state index in [0.29, 0.717) is 16.5 Å². The summed E-state index contributed by atoms with van der Waals surface area (Å²) >= 11 is 11.8. The lowest BCUT2D eigenvalue weighted by atomic mass is 9.91. The monoisotopic (exact) mass is 300 g/mol. The molecule has 0 radical (unpaired) electrons. The first-order valence-corrected chi connectivity index (χ1v) is 7.30. The number of nitrogens with two attached hydrogens (primary N) is 1. The molecule has 0 saturated heterocycles. The zero-order chi connectivity index (χ0) is 13.8. The highest BCUT2D eigenvalue weighted by Crippen LogP contribution is 2.23. The van der Waals surface area contributed by atoms with Gasteiger partial charge in [-0.25, -0.2) is 0 Å². The Morgan fingerprint density at radius 1 is 1.26 bits per heavy atom. The van der Waals surface area contributed by atoms with Gasteiger partial charge in [-0.2, -0.15) is 0 Å². The first kappa shape index (κ1) is 14.6. The molecule has 0 aliphatic heterocycles. The molecule has 0 aromatic heterocycles. The van der Waals surface area contributed by atoms with Crippen molar-refractivity contribution in [2.24, 2.45) is 5.73 Å². The van der Waals surface area contributed by atoms with Gasteiger partial charge in [0.05, 0.1) is 16.5 Å². The molecule has 3 nitrogen and oxygen atoms in total. The van der Waals surface area contributed by atoms with E-state index in [1.165, 1.54) is 0 Å². The molecule has 1 aliphatic rings. The number of hydrogen-bond acceptors (Lipinski definition) is 2. The average Bonchev–Trinajstić information content (AvgIpc) is 2.37. The number of carbonyl (C=O) groups is 1. The van der Waals surface area contributed by atoms with E-state index in [-0.39, 0.29) is 18.0 Å². The Kier molecular flexibility index (Phi) is 5.08. The Balaban J connectivity index is 1.91. The van der Waals surface area contributed by atoms with Crippen molar-refractivity contribution in [1.29, 1.82) is 0 Å². The smallest absolute Gasteiger partial charge is 0.224 e. The molecule has 19 heavy (non-hydrogen) atoms. The van der Waals surface area contributed by atoms with E-state index in [0.717, 1.165) is 31.2 Å². The molecule has 1 aromatic carbocycles. The van der Waals surface area contributed by atoms with Crippen LogP contribution in [0.5, 0.6) is 0 Å². The maximum Gasteiger partial charge on any atom is 0.224 e. The van der Waals surface area contributed by atoms with E-state index < -0.39 is 0 Å². The maximum atomic E-state index is 12.0. The summed E-state index contributed by atoms with van der Waals surface area (Å²) in [6.07, 6.45) is 4.54. The predicted molar refractivity (Wildman–Crippen MR) is 78.5 cm³/mol. The Labute approximate surface area is 123 Å². The summed E-state index contributed by atoms with van der Waals surface area (Å²) in [5.41, 5.74) is 6.87. The third-order valence-electron chi connectivity index (χ3n) is 3.51. The minimum absolute atomic E-state index is 0.0132. The predicted octanol–water partition coefficient (Wildman–Crippen LogP) is 2.92. The topological polar surface area (TPSA) is 55.1 Å². The van der Waals surface area contributed by atoms with Gasteiger partial charge in [-0.1, -0.05) is 42.1 Å². The van der Waals surface area contributed by atoms with Crippen molar-refractivity contribution in [2.45, 2.75) is 44.2 Å². The minimum Gasteiger partial charge on any atom is -0.352 e. The fourth-order valence-electron chi connectivity index (χ4n) is 2.43. The van der Waals surface area contributed by atoms with Gasteiger partial charge in [0.1, 0.15) is 0 Å². The van der Waals surface area contributed by atoms with E-state index >= 15 is 0 Å². The van der Waals surface area contributed by atoms with Gasteiger partial charge < -0.3 is 11.1 Å². The fraction of sp³-hybridized carbons (Fsp3) is 0.500. The number of carbonyl (C=O) groups excluding carboxylic acids is 1. The Morgan fingerprint density at radius 2 is 2.00 bits per heavy atom. The lowest BCUT2D eigenvalue weighted by molar-refractivity contribution is -0.121. The van der Waals surface area contributed by atoms with E-state index in [2.05, 4.69) is 5.32 Å². The van der Waals surface area contributed by atoms with Crippen molar-refractivity contribution in [3.63, 3.8) is 0 Å². The number of benzene rings is 1. The minimum atomic E-state index is -0.0132. The molecule has 1 aliphatic carbocycles. The van der Waals surface area contributed by atoms with Crippen molar-refractivity contribution in [1.82, 2.24) is 5.32 Å². The lowest BCUT2D eigenvalue weighted by Gasteiger charge is -2.29. The molecule has 0 spiro atoms. The second kappa shape index (κ2) is 6.60. The van der Waals surface area contributed by atoms with Crippen molar-refractivity contribution in [3.05, 3.63) is 33.8 Å². The van der Waals surface area contributed by atoms with Crippen LogP contribution < -0.4 is 11.1 Å². The average molecular weight is 301 g/mol. The molecule has 0 bridgehead atoms. The number of halogens is 2. The summed E-state index contributed by atoms with van der Waals surface area (Å²) in [6, 6.07) is 5.42. The molecule has 3 N–H and O–H groups in total. The summed E-state index contributed by atoms with van der Waals surface area (Å²) < 4.78 is 0. The van der Waals surface area contributed by atoms with Crippen molar-refractivity contribution < 1.29 is 4.79 Å². The van der Waals surface area contributed by atoms with Gasteiger partial charge in [0, 0.05) is 12.1 Å². The van der Waals surface area contributed by atoms with Crippen LogP contribution in [0.15, 0.2) is 18.2 Å². The van der Waals surface area contributed by atoms with Gasteiger partial charge in [-0.15, -0.1) is 0 Å². The van der Waals surface area contributed by atoms with Crippen molar-refractivity contribution in [3.8, 4) is 0 Å². The molecule has 1 saturated carbocycles. The number of nitrogens with one attached hydrogen (secondary N) is 1. The molecule has 2 unspecified atom stereocenters. The first-order chi connectivity index (χ1) is 9.06. The molecule has 1 fully saturated rings. The van der Waals surface area contributed by atoms with Gasteiger partial charge in [0.2, 0.25) is 5.91 Å². The number of hydrogen-bond donors (Lipinski definition) is 2. The zero-order valence-corrected chi connectivity index (χ0v) is 12.2. The van der Waals surface area contributed by atoms with Crippen LogP contribution >= 0.6 is 23.2 Å². The first-order valence-electron chi connectivity index (χ1n) is 6.55. The van der Waals surface area contributed by atoms with Crippen LogP contribution in [-0.2, 0) is 11.2 Å². The number of amides is 1. The summed E-state index contributed by atoms with van der Waals surface area (Å²) in [4.78, 5) is 12.0. The second-order valence-electron chi connectivity index (χ2n) is 5.05. The van der Waals surface area contributed by atoms with Crippen LogP contribution in [0.25, 0.3) is 0 Å². The van der Waals surface area contributed by atoms with Crippen LogP contribution in [0.4, 0.5) is 0 Å². The van der Waals surface area contributed by atoms with Crippen LogP contribution in [0.1, 0.15) is 31.2 Å². The van der Waals surface area contributed by atoms with Gasteiger partial charge >= 0.3 is 0 Å². The van der Waals surface area contributed by atoms with Gasteiger partial charge in [0.25, 0.3) is 0 Å². The molecule has 5 heteroatoms. The van der Waals surface area contributed by atoms with E-state index in [4.69, 9.17) is 28.9 Å². The molecule has 1 aromatic rings. The SMILES string of the molecule is NC1CCCCC1NC(=O)Cc1ccc(Cl)c(Cl)c1. The third kappa shape index (κ3) is 4.10. The van der Waals surface area contributed by atoms with Crippen LogP contribution in [0.3, 0.4) is 0 Å². The van der Waals surface area contributed by atoms with Gasteiger partial charge in [0.15, 0.2) is 0 Å². The molecular formula is C14H18Cl2N2O. The fourth-order valence-corrected chi connectivity index (χ4v) is 2.75. The molecule has 2 atom stereocenters. The second-order valence-corrected chi connectivity index (χ2v) is 5.86. The van der Waals surface area contributed by atoms with Crippen LogP contribution in [0.2, 0.25) is 10.0 Å². The highest BCUT2D eigenvalue weighted by atomic mass is 35.5. The lowest BCUT2D eigenvalue weighted by Crippen LogP contribution is -2.49. The Bertz CT molecular complexity index is 465. The molecule has 1 amide bonds. The van der Waals surface area contributed by atoms with Gasteiger partial charge in [-0.05, 0) is 30.5 Å². The summed E-state index contributed by atoms with van der Waals surface area (Å²) in [7, 11) is 0. The standard InChI is InChI=1S/C14H18Cl2N2O/c15-10-6-5-9(7-11(10)16)8-14(19)18-13-4-2-1-3-12(13)17/h5-7,12-13H,1-4,8,17H2,(H,18,19). The van der Waals surface area contributed by atoms with Crippen LogP contribution in [-0.4, -0.2) is 18.0 Å². The Morgan fingerprint density at radius 3 is 2.68 bits per heavy atom. The third-order valence-corrected chi connectivity index (χ3v) is 4.25. The van der Waals surface area contributed by atoms with Crippen molar-refractivity contribution in [2.75, 3.05) is 0 Å². The Hall–Kier alpha value is -0.770. The molecule has 2 rings (SSSR count). The molecule has 104 valence electrons. The van der Waals surface area contributed by atoms with E-state index in [9.17, 15) is 4.79 Å². The highest BCUT2D eigenvalue weighted by molar-refractivity contribution is 6.42. The van der Waals surface area contributed by atoms with Crippen LogP contribution in [0, 0.1) is 0 Å². The zero-order valence-electron chi connectivity index (χ0n) is 10.7. The summed E-state index contributed by atoms with van der Waals surface area (Å²) in [5, 5.41) is 3.98. The van der Waals surface area contributed by atoms with E-state index in [1.807, 2.05) is 6.07 Å². The quantitative estimate of drug-likeness (QED) is 0.902. The molecular weight excluding hydrogens is 283 g/mol. The van der Waals surface area contributed by atoms with Gasteiger partial charge in [-0.3, -0.25) is 4.79 Å². The molecule has 0 heterocycles. The van der Waals surface area contributed by atoms with E-state index in [1.54, 1.807) is 12.1 Å². The number of rotatable bonds is 3.